The second-order valence-electron chi connectivity index (χ2n) is 6.33. The lowest BCUT2D eigenvalue weighted by molar-refractivity contribution is -0.117. The van der Waals surface area contributed by atoms with Gasteiger partial charge in [-0.15, -0.1) is 6.58 Å². The van der Waals surface area contributed by atoms with E-state index in [1.807, 2.05) is 0 Å². The third kappa shape index (κ3) is 3.85. The predicted octanol–water partition coefficient (Wildman–Crippen LogP) is 1.92. The summed E-state index contributed by atoms with van der Waals surface area (Å²) in [4.78, 5) is 12.5. The normalized spacial score (nSPS) is 16.2. The summed E-state index contributed by atoms with van der Waals surface area (Å²) in [6.07, 6.45) is 1.46. The van der Waals surface area contributed by atoms with Gasteiger partial charge in [-0.25, -0.2) is 8.42 Å². The fourth-order valence-electron chi connectivity index (χ4n) is 3.11. The largest absolute Gasteiger partial charge is 0.493 e. The first-order chi connectivity index (χ1) is 13.2. The lowest BCUT2D eigenvalue weighted by Gasteiger charge is -2.32. The van der Waals surface area contributed by atoms with Crippen LogP contribution >= 0.6 is 0 Å². The quantitative estimate of drug-likeness (QED) is 0.658. The van der Waals surface area contributed by atoms with Gasteiger partial charge in [0.1, 0.15) is 0 Å². The second-order valence-corrected chi connectivity index (χ2v) is 8.13. The van der Waals surface area contributed by atoms with Crippen LogP contribution in [-0.2, 0) is 19.6 Å². The zero-order chi connectivity index (χ0) is 21.1. The number of fused-ring (bicyclic) bond motifs is 1. The summed E-state index contributed by atoms with van der Waals surface area (Å²) in [5.41, 5.74) is 1.30. The molecule has 8 nitrogen and oxygen atoms in total. The molecule has 0 aliphatic carbocycles. The molecule has 2 rings (SSSR count). The van der Waals surface area contributed by atoms with Crippen LogP contribution in [0, 0.1) is 0 Å². The number of carbonyl (C=O) groups is 1. The van der Waals surface area contributed by atoms with E-state index in [-0.39, 0.29) is 24.1 Å². The number of anilines is 1. The Bertz CT molecular complexity index is 907. The minimum absolute atomic E-state index is 0.00248. The van der Waals surface area contributed by atoms with Crippen molar-refractivity contribution < 1.29 is 27.4 Å². The molecule has 1 N–H and O–H groups in total. The van der Waals surface area contributed by atoms with Gasteiger partial charge in [0.25, 0.3) is 15.9 Å². The van der Waals surface area contributed by atoms with Crippen LogP contribution in [0.3, 0.4) is 0 Å². The van der Waals surface area contributed by atoms with E-state index in [0.29, 0.717) is 28.3 Å². The van der Waals surface area contributed by atoms with Crippen molar-refractivity contribution in [2.75, 3.05) is 38.8 Å². The van der Waals surface area contributed by atoms with Crippen LogP contribution in [0.1, 0.15) is 19.4 Å². The summed E-state index contributed by atoms with van der Waals surface area (Å²) in [6.45, 7) is 7.23. The van der Waals surface area contributed by atoms with Crippen molar-refractivity contribution >= 4 is 27.2 Å². The Morgan fingerprint density at radius 3 is 2.39 bits per heavy atom. The molecule has 1 heterocycles. The maximum absolute atomic E-state index is 13.3. The third-order valence-electron chi connectivity index (χ3n) is 4.36. The molecule has 0 saturated heterocycles. The van der Waals surface area contributed by atoms with Crippen molar-refractivity contribution in [2.24, 2.45) is 0 Å². The van der Waals surface area contributed by atoms with Gasteiger partial charge in [-0.3, -0.25) is 9.10 Å². The lowest BCUT2D eigenvalue weighted by atomic mass is 10.0. The fourth-order valence-corrected chi connectivity index (χ4v) is 4.83. The summed E-state index contributed by atoms with van der Waals surface area (Å²) < 4.78 is 43.3. The van der Waals surface area contributed by atoms with Crippen LogP contribution in [-0.4, -0.2) is 54.8 Å². The molecule has 154 valence electrons. The van der Waals surface area contributed by atoms with E-state index in [1.54, 1.807) is 26.0 Å². The first-order valence-corrected chi connectivity index (χ1v) is 10.1. The number of allylic oxidation sites excluding steroid dienone is 1. The molecule has 1 amide bonds. The fraction of sp³-hybridized carbons (Fsp3) is 0.421. The van der Waals surface area contributed by atoms with Crippen molar-refractivity contribution in [3.05, 3.63) is 35.3 Å². The Kier molecular flexibility index (Phi) is 6.73. The van der Waals surface area contributed by atoms with Gasteiger partial charge in [0, 0.05) is 24.8 Å². The number of methoxy groups -OCH3 is 3. The maximum atomic E-state index is 13.3. The van der Waals surface area contributed by atoms with Gasteiger partial charge in [-0.2, -0.15) is 0 Å². The molecule has 9 heteroatoms. The molecule has 1 atom stereocenters. The Morgan fingerprint density at radius 2 is 1.86 bits per heavy atom. The molecular weight excluding hydrogens is 384 g/mol. The monoisotopic (exact) mass is 410 g/mol. The molecule has 0 radical (unpaired) electrons. The van der Waals surface area contributed by atoms with E-state index in [2.05, 4.69) is 11.9 Å². The van der Waals surface area contributed by atoms with Gasteiger partial charge in [0.15, 0.2) is 16.4 Å². The molecule has 0 bridgehead atoms. The summed E-state index contributed by atoms with van der Waals surface area (Å²) in [5.74, 6) is 0.141. The highest BCUT2D eigenvalue weighted by Crippen LogP contribution is 2.44. The first-order valence-electron chi connectivity index (χ1n) is 8.63. The van der Waals surface area contributed by atoms with Crippen molar-refractivity contribution in [2.45, 2.75) is 19.9 Å². The van der Waals surface area contributed by atoms with Gasteiger partial charge in [-0.1, -0.05) is 6.08 Å². The van der Waals surface area contributed by atoms with Crippen LogP contribution in [0.4, 0.5) is 5.69 Å². The minimum atomic E-state index is -4.10. The van der Waals surface area contributed by atoms with Crippen molar-refractivity contribution in [3.63, 3.8) is 0 Å². The van der Waals surface area contributed by atoms with Crippen molar-refractivity contribution in [1.29, 1.82) is 0 Å². The molecule has 1 aliphatic rings. The molecule has 0 saturated carbocycles. The summed E-state index contributed by atoms with van der Waals surface area (Å²) in [5, 5.41) is 2.67. The number of hydrogen-bond donors (Lipinski definition) is 1. The number of sulfonamides is 1. The maximum Gasteiger partial charge on any atom is 0.270 e. The number of nitrogens with zero attached hydrogens (tertiary/aromatic N) is 1. The van der Waals surface area contributed by atoms with Gasteiger partial charge in [0.2, 0.25) is 0 Å². The highest BCUT2D eigenvalue weighted by atomic mass is 32.2. The van der Waals surface area contributed by atoms with E-state index in [0.717, 1.165) is 4.31 Å². The Hall–Kier alpha value is -2.52. The second kappa shape index (κ2) is 8.66. The average molecular weight is 410 g/mol. The number of benzene rings is 1. The summed E-state index contributed by atoms with van der Waals surface area (Å²) >= 11 is 0. The zero-order valence-electron chi connectivity index (χ0n) is 16.7. The molecule has 1 aromatic carbocycles. The molecule has 1 aliphatic heterocycles. The van der Waals surface area contributed by atoms with Gasteiger partial charge >= 0.3 is 0 Å². The molecule has 0 spiro atoms. The van der Waals surface area contributed by atoms with E-state index in [4.69, 9.17) is 14.2 Å². The van der Waals surface area contributed by atoms with E-state index in [1.165, 1.54) is 27.4 Å². The Balaban J connectivity index is 2.71. The molecule has 1 aromatic rings. The standard InChI is InChI=1S/C19H26N2O6S/c1-7-8-21-15-10-17(27-6)16(26-5)9-14(15)13(3)18(28(21,23)24)19(22)20-12(2)11-25-4/h7,9-10,12H,1,8,11H2,2-6H3,(H,20,22). The van der Waals surface area contributed by atoms with Crippen molar-refractivity contribution in [3.8, 4) is 11.5 Å². The van der Waals surface area contributed by atoms with Crippen LogP contribution in [0.5, 0.6) is 11.5 Å². The van der Waals surface area contributed by atoms with E-state index in [9.17, 15) is 13.2 Å². The van der Waals surface area contributed by atoms with Crippen LogP contribution in [0.15, 0.2) is 29.7 Å². The number of amides is 1. The zero-order valence-corrected chi connectivity index (χ0v) is 17.6. The lowest BCUT2D eigenvalue weighted by Crippen LogP contribution is -2.44. The third-order valence-corrected chi connectivity index (χ3v) is 6.29. The van der Waals surface area contributed by atoms with Gasteiger partial charge < -0.3 is 19.5 Å². The highest BCUT2D eigenvalue weighted by Gasteiger charge is 2.40. The molecular formula is C19H26N2O6S. The number of ether oxygens (including phenoxy) is 3. The number of hydrogen-bond acceptors (Lipinski definition) is 6. The summed E-state index contributed by atoms with van der Waals surface area (Å²) in [7, 11) is 0.366. The predicted molar refractivity (Wildman–Crippen MR) is 108 cm³/mol. The van der Waals surface area contributed by atoms with E-state index < -0.39 is 15.9 Å². The number of rotatable bonds is 8. The SMILES string of the molecule is C=CCN1c2cc(OC)c(OC)cc2C(C)=C(C(=O)NC(C)COC)S1(=O)=O. The van der Waals surface area contributed by atoms with Crippen LogP contribution in [0.2, 0.25) is 0 Å². The Morgan fingerprint density at radius 1 is 1.25 bits per heavy atom. The summed E-state index contributed by atoms with van der Waals surface area (Å²) in [6, 6.07) is 2.90. The van der Waals surface area contributed by atoms with Crippen molar-refractivity contribution in [1.82, 2.24) is 5.32 Å². The molecule has 0 aromatic heterocycles. The van der Waals surface area contributed by atoms with E-state index >= 15 is 0 Å². The number of carbonyl (C=O) groups excluding carboxylic acids is 1. The highest BCUT2D eigenvalue weighted by molar-refractivity contribution is 7.97. The molecule has 1 unspecified atom stereocenters. The minimum Gasteiger partial charge on any atom is -0.493 e. The van der Waals surface area contributed by atoms with Gasteiger partial charge in [0.05, 0.1) is 33.1 Å². The Labute approximate surface area is 165 Å². The first kappa shape index (κ1) is 21.8. The number of nitrogens with one attached hydrogen (secondary N) is 1. The molecule has 0 fully saturated rings. The van der Waals surface area contributed by atoms with Gasteiger partial charge in [-0.05, 0) is 25.5 Å². The van der Waals surface area contributed by atoms with Crippen LogP contribution in [0.25, 0.3) is 5.57 Å². The topological polar surface area (TPSA) is 94.2 Å². The van der Waals surface area contributed by atoms with Crippen LogP contribution < -0.4 is 19.1 Å². The molecule has 28 heavy (non-hydrogen) atoms. The average Bonchev–Trinajstić information content (AvgIpc) is 2.63. The smallest absolute Gasteiger partial charge is 0.270 e.